The number of rotatable bonds is 3. The van der Waals surface area contributed by atoms with E-state index in [0.717, 1.165) is 4.90 Å². The molecule has 0 fully saturated rings. The van der Waals surface area contributed by atoms with Crippen LogP contribution in [0, 0.1) is 0 Å². The molecule has 1 N–H and O–H groups in total. The van der Waals surface area contributed by atoms with Crippen molar-refractivity contribution in [2.75, 3.05) is 10.2 Å². The summed E-state index contributed by atoms with van der Waals surface area (Å²) < 4.78 is 0. The van der Waals surface area contributed by atoms with Crippen LogP contribution in [-0.2, 0) is 9.59 Å². The van der Waals surface area contributed by atoms with E-state index in [1.54, 1.807) is 24.3 Å². The average molecular weight is 402 g/mol. The lowest BCUT2D eigenvalue weighted by Gasteiger charge is -2.16. The van der Waals surface area contributed by atoms with Crippen molar-refractivity contribution in [3.8, 4) is 0 Å². The van der Waals surface area contributed by atoms with E-state index in [1.165, 1.54) is 18.2 Å². The van der Waals surface area contributed by atoms with E-state index in [0.29, 0.717) is 26.4 Å². The second-order valence-corrected chi connectivity index (χ2v) is 6.52. The first kappa shape index (κ1) is 17.1. The number of hydrogen-bond acceptors (Lipinski definition) is 3. The zero-order chi connectivity index (χ0) is 17.4. The van der Waals surface area contributed by atoms with Crippen LogP contribution in [0.3, 0.4) is 0 Å². The summed E-state index contributed by atoms with van der Waals surface area (Å²) in [7, 11) is 0. The van der Waals surface area contributed by atoms with Crippen molar-refractivity contribution in [2.45, 2.75) is 0 Å². The quantitative estimate of drug-likeness (QED) is 0.721. The molecule has 1 aliphatic rings. The summed E-state index contributed by atoms with van der Waals surface area (Å²) >= 11 is 23.6. The van der Waals surface area contributed by atoms with E-state index < -0.39 is 11.8 Å². The van der Waals surface area contributed by atoms with Crippen molar-refractivity contribution >= 4 is 69.6 Å². The predicted octanol–water partition coefficient (Wildman–Crippen LogP) is 5.17. The lowest BCUT2D eigenvalue weighted by molar-refractivity contribution is -0.120. The summed E-state index contributed by atoms with van der Waals surface area (Å²) in [6.07, 6.45) is 1.20. The van der Waals surface area contributed by atoms with Gasteiger partial charge in [-0.2, -0.15) is 0 Å². The molecule has 1 heterocycles. The Morgan fingerprint density at radius 2 is 1.42 bits per heavy atom. The summed E-state index contributed by atoms with van der Waals surface area (Å²) in [6.45, 7) is 0. The maximum atomic E-state index is 12.5. The zero-order valence-corrected chi connectivity index (χ0v) is 14.8. The average Bonchev–Trinajstić information content (AvgIpc) is 2.80. The highest BCUT2D eigenvalue weighted by Crippen LogP contribution is 2.31. The normalized spacial score (nSPS) is 14.2. The van der Waals surface area contributed by atoms with Crippen LogP contribution in [0.5, 0.6) is 0 Å². The van der Waals surface area contributed by atoms with Gasteiger partial charge in [0.1, 0.15) is 5.70 Å². The standard InChI is InChI=1S/C16H8Cl4N2O2/c17-10-3-1-8(5-12(10)19)21-14-7-15(23)22(16(14)24)9-2-4-11(18)13(20)6-9/h1-7,21H. The maximum Gasteiger partial charge on any atom is 0.281 e. The third-order valence-corrected chi connectivity index (χ3v) is 4.76. The molecule has 0 aromatic heterocycles. The molecule has 0 radical (unpaired) electrons. The number of anilines is 2. The van der Waals surface area contributed by atoms with Crippen LogP contribution in [0.25, 0.3) is 0 Å². The van der Waals surface area contributed by atoms with E-state index in [4.69, 9.17) is 46.4 Å². The molecular formula is C16H8Cl4N2O2. The highest BCUT2D eigenvalue weighted by atomic mass is 35.5. The maximum absolute atomic E-state index is 12.5. The van der Waals surface area contributed by atoms with Gasteiger partial charge in [-0.3, -0.25) is 9.59 Å². The van der Waals surface area contributed by atoms with Crippen LogP contribution in [0.15, 0.2) is 48.2 Å². The number of carbonyl (C=O) groups excluding carboxylic acids is 2. The lowest BCUT2D eigenvalue weighted by Crippen LogP contribution is -2.31. The molecule has 0 saturated carbocycles. The van der Waals surface area contributed by atoms with Crippen molar-refractivity contribution in [1.29, 1.82) is 0 Å². The molecule has 24 heavy (non-hydrogen) atoms. The van der Waals surface area contributed by atoms with Crippen molar-refractivity contribution in [1.82, 2.24) is 0 Å². The van der Waals surface area contributed by atoms with Crippen LogP contribution in [0.2, 0.25) is 20.1 Å². The first-order valence-corrected chi connectivity index (χ1v) is 8.15. The van der Waals surface area contributed by atoms with Crippen LogP contribution < -0.4 is 10.2 Å². The van der Waals surface area contributed by atoms with Crippen LogP contribution in [0.4, 0.5) is 11.4 Å². The van der Waals surface area contributed by atoms with Gasteiger partial charge in [0.2, 0.25) is 0 Å². The largest absolute Gasteiger partial charge is 0.351 e. The van der Waals surface area contributed by atoms with Crippen molar-refractivity contribution in [3.05, 3.63) is 68.3 Å². The van der Waals surface area contributed by atoms with Crippen LogP contribution in [0.1, 0.15) is 0 Å². The van der Waals surface area contributed by atoms with Gasteiger partial charge in [-0.25, -0.2) is 4.90 Å². The smallest absolute Gasteiger partial charge is 0.281 e. The lowest BCUT2D eigenvalue weighted by atomic mass is 10.3. The van der Waals surface area contributed by atoms with Gasteiger partial charge >= 0.3 is 0 Å². The first-order chi connectivity index (χ1) is 11.4. The third-order valence-electron chi connectivity index (χ3n) is 3.28. The van der Waals surface area contributed by atoms with E-state index in [9.17, 15) is 9.59 Å². The molecule has 0 bridgehead atoms. The molecule has 2 amide bonds. The Hall–Kier alpha value is -1.72. The molecule has 122 valence electrons. The Kier molecular flexibility index (Phi) is 4.74. The van der Waals surface area contributed by atoms with Crippen molar-refractivity contribution in [2.24, 2.45) is 0 Å². The summed E-state index contributed by atoms with van der Waals surface area (Å²) in [4.78, 5) is 25.7. The van der Waals surface area contributed by atoms with E-state index >= 15 is 0 Å². The Morgan fingerprint density at radius 3 is 2.04 bits per heavy atom. The fraction of sp³-hybridized carbons (Fsp3) is 0. The third kappa shape index (κ3) is 3.23. The number of halogens is 4. The molecule has 1 aliphatic heterocycles. The summed E-state index contributed by atoms with van der Waals surface area (Å²) in [6, 6.07) is 9.31. The van der Waals surface area contributed by atoms with Gasteiger partial charge in [0.05, 0.1) is 25.8 Å². The Labute approximate surface area is 157 Å². The topological polar surface area (TPSA) is 49.4 Å². The number of nitrogens with zero attached hydrogens (tertiary/aromatic N) is 1. The van der Waals surface area contributed by atoms with Gasteiger partial charge in [-0.05, 0) is 36.4 Å². The van der Waals surface area contributed by atoms with Gasteiger partial charge in [0.25, 0.3) is 11.8 Å². The summed E-state index contributed by atoms with van der Waals surface area (Å²) in [5.74, 6) is -0.995. The van der Waals surface area contributed by atoms with Gasteiger partial charge in [-0.1, -0.05) is 46.4 Å². The summed E-state index contributed by atoms with van der Waals surface area (Å²) in [5.41, 5.74) is 0.985. The van der Waals surface area contributed by atoms with Crippen molar-refractivity contribution in [3.63, 3.8) is 0 Å². The van der Waals surface area contributed by atoms with E-state index in [-0.39, 0.29) is 10.7 Å². The molecule has 2 aromatic carbocycles. The summed E-state index contributed by atoms with van der Waals surface area (Å²) in [5, 5.41) is 4.17. The van der Waals surface area contributed by atoms with Gasteiger partial charge in [-0.15, -0.1) is 0 Å². The molecule has 0 unspecified atom stereocenters. The Balaban J connectivity index is 1.86. The molecular weight excluding hydrogens is 394 g/mol. The highest BCUT2D eigenvalue weighted by Gasteiger charge is 2.32. The van der Waals surface area contributed by atoms with E-state index in [1.807, 2.05) is 0 Å². The van der Waals surface area contributed by atoms with Crippen molar-refractivity contribution < 1.29 is 9.59 Å². The minimum absolute atomic E-state index is 0.115. The predicted molar refractivity (Wildman–Crippen MR) is 97.1 cm³/mol. The Morgan fingerprint density at radius 1 is 0.792 bits per heavy atom. The second kappa shape index (κ2) is 6.65. The van der Waals surface area contributed by atoms with Gasteiger partial charge in [0.15, 0.2) is 0 Å². The van der Waals surface area contributed by atoms with Crippen LogP contribution >= 0.6 is 46.4 Å². The molecule has 0 atom stereocenters. The monoisotopic (exact) mass is 400 g/mol. The molecule has 0 aliphatic carbocycles. The highest BCUT2D eigenvalue weighted by molar-refractivity contribution is 6.43. The minimum atomic E-state index is -0.510. The number of amides is 2. The minimum Gasteiger partial charge on any atom is -0.351 e. The first-order valence-electron chi connectivity index (χ1n) is 6.64. The number of benzene rings is 2. The number of imide groups is 1. The zero-order valence-electron chi connectivity index (χ0n) is 11.8. The molecule has 4 nitrogen and oxygen atoms in total. The molecule has 3 rings (SSSR count). The molecule has 2 aromatic rings. The van der Waals surface area contributed by atoms with Gasteiger partial charge < -0.3 is 5.32 Å². The number of hydrogen-bond donors (Lipinski definition) is 1. The Bertz CT molecular complexity index is 896. The molecule has 0 spiro atoms. The van der Waals surface area contributed by atoms with Crippen LogP contribution in [-0.4, -0.2) is 11.8 Å². The second-order valence-electron chi connectivity index (χ2n) is 4.89. The van der Waals surface area contributed by atoms with E-state index in [2.05, 4.69) is 5.32 Å². The fourth-order valence-electron chi connectivity index (χ4n) is 2.16. The van der Waals surface area contributed by atoms with Gasteiger partial charge in [0, 0.05) is 11.8 Å². The SMILES string of the molecule is O=C1C=C(Nc2ccc(Cl)c(Cl)c2)C(=O)N1c1ccc(Cl)c(Cl)c1. The molecule has 0 saturated heterocycles. The fourth-order valence-corrected chi connectivity index (χ4v) is 2.75. The molecule has 8 heteroatoms. The number of carbonyl (C=O) groups is 2. The number of nitrogens with one attached hydrogen (secondary N) is 1.